The molecule has 1 aromatic heterocycles. The number of hydrogen-bond acceptors (Lipinski definition) is 6. The van der Waals surface area contributed by atoms with Crippen LogP contribution in [0.5, 0.6) is 0 Å². The van der Waals surface area contributed by atoms with Gasteiger partial charge >= 0.3 is 0 Å². The third kappa shape index (κ3) is 6.18. The van der Waals surface area contributed by atoms with Gasteiger partial charge in [-0.15, -0.1) is 11.3 Å². The van der Waals surface area contributed by atoms with Crippen molar-refractivity contribution in [1.29, 1.82) is 0 Å². The van der Waals surface area contributed by atoms with Crippen LogP contribution in [0.2, 0.25) is 0 Å². The number of carbonyl (C=O) groups excluding carboxylic acids is 2. The second-order valence-corrected chi connectivity index (χ2v) is 8.40. The van der Waals surface area contributed by atoms with E-state index >= 15 is 0 Å². The molecule has 166 valence electrons. The number of aromatic nitrogens is 1. The Morgan fingerprint density at radius 3 is 2.27 bits per heavy atom. The summed E-state index contributed by atoms with van der Waals surface area (Å²) in [6.45, 7) is 0.701. The zero-order valence-corrected chi connectivity index (χ0v) is 18.6. The Morgan fingerprint density at radius 2 is 1.52 bits per heavy atom. The Hall–Kier alpha value is -4.17. The largest absolute Gasteiger partial charge is 0.397 e. The summed E-state index contributed by atoms with van der Waals surface area (Å²) in [6, 6.07) is 24.3. The van der Waals surface area contributed by atoms with Gasteiger partial charge < -0.3 is 21.7 Å². The van der Waals surface area contributed by atoms with Gasteiger partial charge in [-0.1, -0.05) is 30.3 Å². The molecule has 7 nitrogen and oxygen atoms in total. The molecule has 0 saturated heterocycles. The summed E-state index contributed by atoms with van der Waals surface area (Å²) in [4.78, 5) is 30.0. The van der Waals surface area contributed by atoms with Crippen LogP contribution in [0, 0.1) is 0 Å². The van der Waals surface area contributed by atoms with E-state index in [9.17, 15) is 9.59 Å². The number of para-hydroxylation sites is 3. The van der Waals surface area contributed by atoms with E-state index in [2.05, 4.69) is 20.9 Å². The Labute approximate surface area is 195 Å². The van der Waals surface area contributed by atoms with Crippen molar-refractivity contribution in [1.82, 2.24) is 4.98 Å². The van der Waals surface area contributed by atoms with Crippen molar-refractivity contribution < 1.29 is 9.59 Å². The van der Waals surface area contributed by atoms with Gasteiger partial charge in [0.1, 0.15) is 11.4 Å². The molecule has 33 heavy (non-hydrogen) atoms. The molecule has 4 rings (SSSR count). The van der Waals surface area contributed by atoms with Crippen molar-refractivity contribution in [2.75, 3.05) is 21.7 Å². The average Bonchev–Trinajstić information content (AvgIpc) is 3.29. The molecule has 5 N–H and O–H groups in total. The summed E-state index contributed by atoms with van der Waals surface area (Å²) >= 11 is 1.61. The first kappa shape index (κ1) is 22.0. The zero-order chi connectivity index (χ0) is 23.0. The van der Waals surface area contributed by atoms with E-state index < -0.39 is 11.8 Å². The van der Waals surface area contributed by atoms with Gasteiger partial charge in [-0.3, -0.25) is 9.59 Å². The van der Waals surface area contributed by atoms with Gasteiger partial charge in [-0.05, 0) is 48.5 Å². The maximum absolute atomic E-state index is 12.2. The second kappa shape index (κ2) is 10.4. The number of anilines is 4. The zero-order valence-electron chi connectivity index (χ0n) is 17.7. The minimum atomic E-state index is -0.429. The molecule has 0 aliphatic carbocycles. The predicted molar refractivity (Wildman–Crippen MR) is 134 cm³/mol. The number of amides is 2. The average molecular weight is 458 g/mol. The standard InChI is InChI=1S/C25H23N5O2S/c26-21-8-4-5-9-22(21)30-24(32)14-23(31)29-19-12-10-17(11-13-19)25-28-16-20(33-25)15-27-18-6-2-1-3-7-18/h1-13,16,27H,14-15,26H2,(H,29,31)(H,30,32). The lowest BCUT2D eigenvalue weighted by molar-refractivity contribution is -0.123. The van der Waals surface area contributed by atoms with Crippen molar-refractivity contribution in [3.63, 3.8) is 0 Å². The van der Waals surface area contributed by atoms with E-state index in [-0.39, 0.29) is 6.42 Å². The summed E-state index contributed by atoms with van der Waals surface area (Å²) in [5.41, 5.74) is 9.37. The lowest BCUT2D eigenvalue weighted by Crippen LogP contribution is -2.21. The molecular weight excluding hydrogens is 434 g/mol. The smallest absolute Gasteiger partial charge is 0.233 e. The molecule has 0 radical (unpaired) electrons. The number of benzene rings is 3. The molecule has 1 heterocycles. The molecular formula is C25H23N5O2S. The Balaban J connectivity index is 1.29. The minimum Gasteiger partial charge on any atom is -0.397 e. The highest BCUT2D eigenvalue weighted by atomic mass is 32.1. The van der Waals surface area contributed by atoms with Gasteiger partial charge in [0, 0.05) is 28.0 Å². The van der Waals surface area contributed by atoms with Crippen LogP contribution in [0.4, 0.5) is 22.7 Å². The quantitative estimate of drug-likeness (QED) is 0.221. The van der Waals surface area contributed by atoms with Gasteiger partial charge in [0.15, 0.2) is 0 Å². The van der Waals surface area contributed by atoms with E-state index in [1.807, 2.05) is 48.7 Å². The molecule has 0 aliphatic rings. The highest BCUT2D eigenvalue weighted by molar-refractivity contribution is 7.15. The normalized spacial score (nSPS) is 10.4. The number of hydrogen-bond donors (Lipinski definition) is 4. The summed E-state index contributed by atoms with van der Waals surface area (Å²) in [6.07, 6.45) is 1.56. The van der Waals surface area contributed by atoms with E-state index in [4.69, 9.17) is 5.73 Å². The van der Waals surface area contributed by atoms with Crippen molar-refractivity contribution in [2.45, 2.75) is 13.0 Å². The molecule has 0 fully saturated rings. The van der Waals surface area contributed by atoms with Gasteiger partial charge in [0.2, 0.25) is 11.8 Å². The number of thiazole rings is 1. The first-order chi connectivity index (χ1) is 16.1. The van der Waals surface area contributed by atoms with E-state index in [1.54, 1.807) is 47.7 Å². The first-order valence-corrected chi connectivity index (χ1v) is 11.2. The van der Waals surface area contributed by atoms with Crippen molar-refractivity contribution in [2.24, 2.45) is 0 Å². The Morgan fingerprint density at radius 1 is 0.818 bits per heavy atom. The topological polar surface area (TPSA) is 109 Å². The SMILES string of the molecule is Nc1ccccc1NC(=O)CC(=O)Nc1ccc(-c2ncc(CNc3ccccc3)s2)cc1. The minimum absolute atomic E-state index is 0.305. The number of nitrogens with one attached hydrogen (secondary N) is 3. The van der Waals surface area contributed by atoms with Gasteiger partial charge in [0.05, 0.1) is 17.9 Å². The maximum atomic E-state index is 12.2. The Bertz CT molecular complexity index is 1240. The van der Waals surface area contributed by atoms with Crippen molar-refractivity contribution in [3.05, 3.63) is 89.9 Å². The lowest BCUT2D eigenvalue weighted by Gasteiger charge is -2.08. The molecule has 0 bridgehead atoms. The molecule has 8 heteroatoms. The fourth-order valence-corrected chi connectivity index (χ4v) is 3.98. The third-order valence-electron chi connectivity index (χ3n) is 4.77. The van der Waals surface area contributed by atoms with E-state index in [0.717, 1.165) is 21.1 Å². The summed E-state index contributed by atoms with van der Waals surface area (Å²) in [7, 11) is 0. The molecule has 0 aliphatic heterocycles. The second-order valence-electron chi connectivity index (χ2n) is 7.29. The lowest BCUT2D eigenvalue weighted by atomic mass is 10.2. The number of rotatable bonds is 8. The summed E-state index contributed by atoms with van der Waals surface area (Å²) in [5.74, 6) is -0.834. The molecule has 4 aromatic rings. The monoisotopic (exact) mass is 457 g/mol. The molecule has 2 amide bonds. The predicted octanol–water partition coefficient (Wildman–Crippen LogP) is 4.97. The number of nitrogens with two attached hydrogens (primary N) is 1. The van der Waals surface area contributed by atoms with Gasteiger partial charge in [-0.2, -0.15) is 0 Å². The number of nitrogens with zero attached hydrogens (tertiary/aromatic N) is 1. The van der Waals surface area contributed by atoms with Crippen LogP contribution in [-0.2, 0) is 16.1 Å². The van der Waals surface area contributed by atoms with Crippen LogP contribution >= 0.6 is 11.3 Å². The summed E-state index contributed by atoms with van der Waals surface area (Å²) < 4.78 is 0. The molecule has 0 atom stereocenters. The van der Waals surface area contributed by atoms with E-state index in [1.165, 1.54) is 0 Å². The van der Waals surface area contributed by atoms with Gasteiger partial charge in [-0.25, -0.2) is 4.98 Å². The fraction of sp³-hybridized carbons (Fsp3) is 0.0800. The van der Waals surface area contributed by atoms with Crippen LogP contribution < -0.4 is 21.7 Å². The van der Waals surface area contributed by atoms with Crippen LogP contribution in [0.3, 0.4) is 0 Å². The molecule has 0 spiro atoms. The summed E-state index contributed by atoms with van der Waals surface area (Å²) in [5, 5.41) is 9.66. The van der Waals surface area contributed by atoms with Gasteiger partial charge in [0.25, 0.3) is 0 Å². The van der Waals surface area contributed by atoms with Crippen molar-refractivity contribution in [3.8, 4) is 10.6 Å². The van der Waals surface area contributed by atoms with Crippen LogP contribution in [0.25, 0.3) is 10.6 Å². The van der Waals surface area contributed by atoms with E-state index in [0.29, 0.717) is 23.6 Å². The Kier molecular flexibility index (Phi) is 6.96. The first-order valence-electron chi connectivity index (χ1n) is 10.3. The van der Waals surface area contributed by atoms with Crippen LogP contribution in [-0.4, -0.2) is 16.8 Å². The fourth-order valence-electron chi connectivity index (χ4n) is 3.12. The third-order valence-corrected chi connectivity index (χ3v) is 5.81. The number of carbonyl (C=O) groups is 2. The number of nitrogen functional groups attached to an aromatic ring is 1. The maximum Gasteiger partial charge on any atom is 0.233 e. The van der Waals surface area contributed by atoms with Crippen LogP contribution in [0.15, 0.2) is 85.1 Å². The molecule has 0 unspecified atom stereocenters. The molecule has 0 saturated carbocycles. The highest BCUT2D eigenvalue weighted by Crippen LogP contribution is 2.27. The van der Waals surface area contributed by atoms with Crippen LogP contribution in [0.1, 0.15) is 11.3 Å². The molecule has 3 aromatic carbocycles. The highest BCUT2D eigenvalue weighted by Gasteiger charge is 2.12. The van der Waals surface area contributed by atoms with Crippen molar-refractivity contribution >= 4 is 45.9 Å².